The topological polar surface area (TPSA) is 41.6 Å². The van der Waals surface area contributed by atoms with E-state index in [0.29, 0.717) is 0 Å². The van der Waals surface area contributed by atoms with Crippen molar-refractivity contribution < 1.29 is 9.53 Å². The molecule has 1 amide bonds. The molecule has 0 radical (unpaired) electrons. The highest BCUT2D eigenvalue weighted by Crippen LogP contribution is 2.34. The quantitative estimate of drug-likeness (QED) is 0.905. The van der Waals surface area contributed by atoms with Gasteiger partial charge in [0.05, 0.1) is 12.7 Å². The molecule has 2 aromatic rings. The van der Waals surface area contributed by atoms with Crippen molar-refractivity contribution in [3.05, 3.63) is 59.7 Å². The van der Waals surface area contributed by atoms with Crippen LogP contribution in [0.25, 0.3) is 0 Å². The van der Waals surface area contributed by atoms with E-state index in [1.807, 2.05) is 53.4 Å². The van der Waals surface area contributed by atoms with Gasteiger partial charge in [-0.2, -0.15) is 0 Å². The fourth-order valence-corrected chi connectivity index (χ4v) is 2.93. The Morgan fingerprint density at radius 1 is 1.17 bits per heavy atom. The van der Waals surface area contributed by atoms with Crippen LogP contribution in [0.1, 0.15) is 41.9 Å². The molecule has 0 aromatic heterocycles. The number of amides is 1. The predicted octanol–water partition coefficient (Wildman–Crippen LogP) is 4.06. The van der Waals surface area contributed by atoms with E-state index in [2.05, 4.69) is 12.2 Å². The standard InChI is InChI=1S/C19H22N2O2/c1-3-4-12-21-18(14-8-7-9-15(13-14)23-2)20-17-11-6-5-10-16(17)19(21)22/h5-11,13,18,20H,3-4,12H2,1-2H3. The molecule has 0 fully saturated rings. The SMILES string of the molecule is CCCCN1C(=O)c2ccccc2NC1c1cccc(OC)c1. The normalized spacial score (nSPS) is 16.7. The van der Waals surface area contributed by atoms with Crippen molar-refractivity contribution in [2.24, 2.45) is 0 Å². The number of hydrogen-bond donors (Lipinski definition) is 1. The number of hydrogen-bond acceptors (Lipinski definition) is 3. The molecule has 23 heavy (non-hydrogen) atoms. The largest absolute Gasteiger partial charge is 0.497 e. The Balaban J connectivity index is 2.00. The third kappa shape index (κ3) is 3.02. The fourth-order valence-electron chi connectivity index (χ4n) is 2.93. The molecule has 0 aliphatic carbocycles. The van der Waals surface area contributed by atoms with Crippen molar-refractivity contribution in [1.29, 1.82) is 0 Å². The molecule has 0 spiro atoms. The number of nitrogens with zero attached hydrogens (tertiary/aromatic N) is 1. The van der Waals surface area contributed by atoms with Gasteiger partial charge >= 0.3 is 0 Å². The van der Waals surface area contributed by atoms with Gasteiger partial charge in [0.25, 0.3) is 5.91 Å². The summed E-state index contributed by atoms with van der Waals surface area (Å²) in [5, 5.41) is 3.50. The Morgan fingerprint density at radius 3 is 2.78 bits per heavy atom. The smallest absolute Gasteiger partial charge is 0.257 e. The molecule has 3 rings (SSSR count). The van der Waals surface area contributed by atoms with Gasteiger partial charge in [-0.3, -0.25) is 4.79 Å². The van der Waals surface area contributed by atoms with E-state index in [1.54, 1.807) is 7.11 Å². The van der Waals surface area contributed by atoms with Crippen molar-refractivity contribution in [1.82, 2.24) is 4.90 Å². The van der Waals surface area contributed by atoms with Gasteiger partial charge in [-0.05, 0) is 36.2 Å². The summed E-state index contributed by atoms with van der Waals surface area (Å²) in [7, 11) is 1.66. The second-order valence-electron chi connectivity index (χ2n) is 5.72. The summed E-state index contributed by atoms with van der Waals surface area (Å²) >= 11 is 0. The van der Waals surface area contributed by atoms with Gasteiger partial charge in [-0.1, -0.05) is 37.6 Å². The number of rotatable bonds is 5. The second-order valence-corrected chi connectivity index (χ2v) is 5.72. The lowest BCUT2D eigenvalue weighted by molar-refractivity contribution is 0.0680. The van der Waals surface area contributed by atoms with Crippen molar-refractivity contribution in [3.8, 4) is 5.75 Å². The number of benzene rings is 2. The van der Waals surface area contributed by atoms with Crippen molar-refractivity contribution >= 4 is 11.6 Å². The summed E-state index contributed by atoms with van der Waals surface area (Å²) < 4.78 is 5.33. The van der Waals surface area contributed by atoms with E-state index in [9.17, 15) is 4.79 Å². The minimum absolute atomic E-state index is 0.0839. The van der Waals surface area contributed by atoms with Crippen LogP contribution in [0.3, 0.4) is 0 Å². The first kappa shape index (κ1) is 15.4. The lowest BCUT2D eigenvalue weighted by Gasteiger charge is -2.38. The Morgan fingerprint density at radius 2 is 2.00 bits per heavy atom. The third-order valence-corrected chi connectivity index (χ3v) is 4.18. The maximum absolute atomic E-state index is 12.9. The van der Waals surface area contributed by atoms with Crippen molar-refractivity contribution in [2.45, 2.75) is 25.9 Å². The summed E-state index contributed by atoms with van der Waals surface area (Å²) in [5.74, 6) is 0.881. The van der Waals surface area contributed by atoms with Crippen LogP contribution in [-0.2, 0) is 0 Å². The number of ether oxygens (including phenoxy) is 1. The summed E-state index contributed by atoms with van der Waals surface area (Å²) in [6.07, 6.45) is 1.87. The molecule has 1 unspecified atom stereocenters. The Bertz CT molecular complexity index is 699. The zero-order valence-corrected chi connectivity index (χ0v) is 13.6. The van der Waals surface area contributed by atoms with Crippen LogP contribution in [0.15, 0.2) is 48.5 Å². The zero-order chi connectivity index (χ0) is 16.2. The van der Waals surface area contributed by atoms with Crippen molar-refractivity contribution in [2.75, 3.05) is 19.0 Å². The number of carbonyl (C=O) groups is 1. The molecule has 4 heteroatoms. The zero-order valence-electron chi connectivity index (χ0n) is 13.6. The summed E-state index contributed by atoms with van der Waals surface area (Å²) in [5.41, 5.74) is 2.66. The number of anilines is 1. The molecule has 0 saturated carbocycles. The van der Waals surface area contributed by atoms with Crippen LogP contribution in [-0.4, -0.2) is 24.5 Å². The van der Waals surface area contributed by atoms with Crippen LogP contribution in [0, 0.1) is 0 Å². The third-order valence-electron chi connectivity index (χ3n) is 4.18. The highest BCUT2D eigenvalue weighted by Gasteiger charge is 2.32. The lowest BCUT2D eigenvalue weighted by atomic mass is 10.0. The first-order valence-electron chi connectivity index (χ1n) is 8.05. The first-order valence-corrected chi connectivity index (χ1v) is 8.05. The van der Waals surface area contributed by atoms with Crippen LogP contribution in [0.2, 0.25) is 0 Å². The number of nitrogens with one attached hydrogen (secondary N) is 1. The fraction of sp³-hybridized carbons (Fsp3) is 0.316. The molecule has 1 aliphatic rings. The first-order chi connectivity index (χ1) is 11.2. The van der Waals surface area contributed by atoms with E-state index >= 15 is 0 Å². The molecule has 2 aromatic carbocycles. The maximum atomic E-state index is 12.9. The van der Waals surface area contributed by atoms with E-state index in [1.165, 1.54) is 0 Å². The average molecular weight is 310 g/mol. The van der Waals surface area contributed by atoms with Gasteiger partial charge in [0.15, 0.2) is 0 Å². The summed E-state index contributed by atoms with van der Waals surface area (Å²) in [4.78, 5) is 14.8. The summed E-state index contributed by atoms with van der Waals surface area (Å²) in [6, 6.07) is 15.6. The Kier molecular flexibility index (Phi) is 4.51. The average Bonchev–Trinajstić information content (AvgIpc) is 2.61. The molecule has 1 aliphatic heterocycles. The van der Waals surface area contributed by atoms with E-state index in [4.69, 9.17) is 4.74 Å². The Hall–Kier alpha value is -2.49. The minimum Gasteiger partial charge on any atom is -0.497 e. The molecule has 1 heterocycles. The Labute approximate surface area is 137 Å². The number of carbonyl (C=O) groups excluding carboxylic acids is 1. The molecule has 120 valence electrons. The van der Waals surface area contributed by atoms with Gasteiger partial charge in [-0.25, -0.2) is 0 Å². The molecule has 1 N–H and O–H groups in total. The van der Waals surface area contributed by atoms with E-state index in [-0.39, 0.29) is 12.1 Å². The van der Waals surface area contributed by atoms with Gasteiger partial charge < -0.3 is 15.0 Å². The van der Waals surface area contributed by atoms with Gasteiger partial charge in [-0.15, -0.1) is 0 Å². The molecule has 4 nitrogen and oxygen atoms in total. The van der Waals surface area contributed by atoms with E-state index < -0.39 is 0 Å². The van der Waals surface area contributed by atoms with Crippen LogP contribution < -0.4 is 10.1 Å². The van der Waals surface area contributed by atoms with Crippen LogP contribution in [0.5, 0.6) is 5.75 Å². The number of fused-ring (bicyclic) bond motifs is 1. The number of unbranched alkanes of at least 4 members (excludes halogenated alkanes) is 1. The monoisotopic (exact) mass is 310 g/mol. The number of methoxy groups -OCH3 is 1. The van der Waals surface area contributed by atoms with Gasteiger partial charge in [0.2, 0.25) is 0 Å². The van der Waals surface area contributed by atoms with Gasteiger partial charge in [0, 0.05) is 12.2 Å². The second kappa shape index (κ2) is 6.73. The highest BCUT2D eigenvalue weighted by molar-refractivity contribution is 6.01. The molecular weight excluding hydrogens is 288 g/mol. The maximum Gasteiger partial charge on any atom is 0.257 e. The van der Waals surface area contributed by atoms with Crippen molar-refractivity contribution in [3.63, 3.8) is 0 Å². The van der Waals surface area contributed by atoms with Crippen LogP contribution in [0.4, 0.5) is 5.69 Å². The lowest BCUT2D eigenvalue weighted by Crippen LogP contribution is -2.43. The summed E-state index contributed by atoms with van der Waals surface area (Å²) in [6.45, 7) is 2.87. The predicted molar refractivity (Wildman–Crippen MR) is 91.7 cm³/mol. The minimum atomic E-state index is -0.168. The van der Waals surface area contributed by atoms with E-state index in [0.717, 1.165) is 42.0 Å². The molecular formula is C19H22N2O2. The van der Waals surface area contributed by atoms with Gasteiger partial charge in [0.1, 0.15) is 11.9 Å². The highest BCUT2D eigenvalue weighted by atomic mass is 16.5. The molecule has 1 atom stereocenters. The molecule has 0 saturated heterocycles. The molecule has 0 bridgehead atoms. The number of para-hydroxylation sites is 1. The van der Waals surface area contributed by atoms with Crippen LogP contribution >= 0.6 is 0 Å².